The van der Waals surface area contributed by atoms with Crippen LogP contribution in [0, 0.1) is 0 Å². The van der Waals surface area contributed by atoms with Gasteiger partial charge in [-0.2, -0.15) is 0 Å². The van der Waals surface area contributed by atoms with Crippen molar-refractivity contribution in [1.82, 2.24) is 10.3 Å². The first-order valence-electron chi connectivity index (χ1n) is 10.7. The molecule has 0 atom stereocenters. The van der Waals surface area contributed by atoms with Crippen LogP contribution < -0.4 is 5.32 Å². The van der Waals surface area contributed by atoms with Crippen molar-refractivity contribution >= 4 is 23.0 Å². The third-order valence-corrected chi connectivity index (χ3v) is 3.93. The van der Waals surface area contributed by atoms with Gasteiger partial charge in [0.2, 0.25) is 0 Å². The average molecular weight is 423 g/mol. The Kier molecular flexibility index (Phi) is 17.9. The number of hydrogen-bond donors (Lipinski definition) is 2. The van der Waals surface area contributed by atoms with Gasteiger partial charge < -0.3 is 19.8 Å². The van der Waals surface area contributed by atoms with Crippen molar-refractivity contribution in [1.29, 1.82) is 0 Å². The van der Waals surface area contributed by atoms with Gasteiger partial charge in [-0.1, -0.05) is 27.7 Å². The molecule has 1 heterocycles. The smallest absolute Gasteiger partial charge is 0.166 e. The lowest BCUT2D eigenvalue weighted by Crippen LogP contribution is -2.29. The van der Waals surface area contributed by atoms with Crippen LogP contribution in [0.4, 0.5) is 0 Å². The summed E-state index contributed by atoms with van der Waals surface area (Å²) in [5.74, 6) is 0.0285. The number of aromatic nitrogens is 1. The number of H-pyrrole nitrogens is 1. The molecule has 0 aliphatic heterocycles. The molecule has 0 fully saturated rings. The van der Waals surface area contributed by atoms with E-state index in [1.165, 1.54) is 6.92 Å². The van der Waals surface area contributed by atoms with Gasteiger partial charge in [0.25, 0.3) is 0 Å². The van der Waals surface area contributed by atoms with E-state index in [9.17, 15) is 9.59 Å². The highest BCUT2D eigenvalue weighted by Gasteiger charge is 2.17. The van der Waals surface area contributed by atoms with Crippen LogP contribution >= 0.6 is 0 Å². The first kappa shape index (κ1) is 30.2. The number of fused-ring (bicyclic) bond motifs is 1. The zero-order chi connectivity index (χ0) is 23.6. The van der Waals surface area contributed by atoms with E-state index in [1.54, 1.807) is 31.4 Å². The highest BCUT2D eigenvalue weighted by molar-refractivity contribution is 5.99. The lowest BCUT2D eigenvalue weighted by molar-refractivity contribution is -0.0343. The van der Waals surface area contributed by atoms with Crippen LogP contribution in [0.15, 0.2) is 24.3 Å². The van der Waals surface area contributed by atoms with E-state index in [4.69, 9.17) is 9.47 Å². The van der Waals surface area contributed by atoms with Crippen molar-refractivity contribution in [3.8, 4) is 0 Å². The normalized spacial score (nSPS) is 10.0. The minimum Gasteiger partial charge on any atom is -0.385 e. The van der Waals surface area contributed by atoms with Gasteiger partial charge in [0.15, 0.2) is 12.1 Å². The second-order valence-electron chi connectivity index (χ2n) is 6.66. The molecule has 0 bridgehead atoms. The molecule has 6 nitrogen and oxygen atoms in total. The molecule has 2 aromatic rings. The summed E-state index contributed by atoms with van der Waals surface area (Å²) in [6.07, 6.45) is 1.70. The van der Waals surface area contributed by atoms with Gasteiger partial charge in [0.1, 0.15) is 0 Å². The first-order chi connectivity index (χ1) is 14.3. The van der Waals surface area contributed by atoms with Gasteiger partial charge in [-0.25, -0.2) is 0 Å². The van der Waals surface area contributed by atoms with E-state index < -0.39 is 0 Å². The summed E-state index contributed by atoms with van der Waals surface area (Å²) in [4.78, 5) is 24.5. The number of ether oxygens (including phenoxy) is 2. The fourth-order valence-electron chi connectivity index (χ4n) is 2.29. The fourth-order valence-corrected chi connectivity index (χ4v) is 2.29. The molecule has 1 aromatic carbocycles. The minimum atomic E-state index is -0.0626. The summed E-state index contributed by atoms with van der Waals surface area (Å²) in [6, 6.07) is 7.06. The van der Waals surface area contributed by atoms with E-state index in [0.29, 0.717) is 11.3 Å². The number of ketones is 1. The number of aldehydes is 1. The number of methoxy groups -OCH3 is 1. The molecule has 0 unspecified atom stereocenters. The lowest BCUT2D eigenvalue weighted by Gasteiger charge is -2.24. The molecule has 0 saturated carbocycles. The van der Waals surface area contributed by atoms with Crippen molar-refractivity contribution in [3.63, 3.8) is 0 Å². The predicted octanol–water partition coefficient (Wildman–Crippen LogP) is 5.27. The number of carbonyl (C=O) groups is 2. The monoisotopic (exact) mass is 422 g/mol. The number of hydrogen-bond acceptors (Lipinski definition) is 5. The molecule has 172 valence electrons. The third kappa shape index (κ3) is 12.5. The largest absolute Gasteiger partial charge is 0.385 e. The number of aromatic amines is 1. The number of rotatable bonds is 9. The predicted molar refractivity (Wildman–Crippen MR) is 127 cm³/mol. The molecular formula is C24H42N2O4. The standard InChI is InChI=1S/C11H9NO2.C9H21NO2.2C2H6/c1-7(14)8-2-3-11-9(4-8)5-10(6-13)12-11;1-9(2,5-7-11-4)12-8-6-10-3;2*1-2/h2-6,12H,1H3;10H,5-8H2,1-4H3;2*1-2H3. The minimum absolute atomic E-state index is 0.0285. The molecule has 1 aromatic heterocycles. The third-order valence-electron chi connectivity index (χ3n) is 3.93. The van der Waals surface area contributed by atoms with E-state index >= 15 is 0 Å². The van der Waals surface area contributed by atoms with Crippen molar-refractivity contribution in [3.05, 3.63) is 35.5 Å². The van der Waals surface area contributed by atoms with Crippen LogP contribution in [-0.2, 0) is 9.47 Å². The van der Waals surface area contributed by atoms with Crippen molar-refractivity contribution in [2.45, 2.75) is 60.5 Å². The number of Topliss-reactive ketones (excluding diaryl/α,β-unsaturated/α-hetero) is 1. The fraction of sp³-hybridized carbons (Fsp3) is 0.583. The van der Waals surface area contributed by atoms with Crippen LogP contribution in [0.3, 0.4) is 0 Å². The molecule has 2 rings (SSSR count). The Bertz CT molecular complexity index is 708. The summed E-state index contributed by atoms with van der Waals surface area (Å²) < 4.78 is 10.6. The van der Waals surface area contributed by atoms with Crippen LogP contribution in [0.5, 0.6) is 0 Å². The Labute approximate surface area is 182 Å². The molecule has 2 N–H and O–H groups in total. The maximum atomic E-state index is 11.1. The summed E-state index contributed by atoms with van der Waals surface area (Å²) in [6.45, 7) is 16.1. The first-order valence-corrected chi connectivity index (χ1v) is 10.7. The topological polar surface area (TPSA) is 80.4 Å². The van der Waals surface area contributed by atoms with Crippen molar-refractivity contribution in [2.75, 3.05) is 33.9 Å². The van der Waals surface area contributed by atoms with E-state index in [-0.39, 0.29) is 11.4 Å². The maximum absolute atomic E-state index is 11.1. The molecule has 0 radical (unpaired) electrons. The van der Waals surface area contributed by atoms with Gasteiger partial charge in [-0.15, -0.1) is 0 Å². The molecule has 30 heavy (non-hydrogen) atoms. The Hall–Kier alpha value is -2.02. The van der Waals surface area contributed by atoms with Crippen LogP contribution in [0.2, 0.25) is 0 Å². The number of likely N-dealkylation sites (N-methyl/N-ethyl adjacent to an activating group) is 1. The van der Waals surface area contributed by atoms with Gasteiger partial charge >= 0.3 is 0 Å². The second kappa shape index (κ2) is 17.8. The Balaban J connectivity index is 0. The number of nitrogens with one attached hydrogen (secondary N) is 2. The number of benzene rings is 1. The van der Waals surface area contributed by atoms with E-state index in [0.717, 1.165) is 43.4 Å². The maximum Gasteiger partial charge on any atom is 0.166 e. The second-order valence-corrected chi connectivity index (χ2v) is 6.66. The summed E-state index contributed by atoms with van der Waals surface area (Å²) in [7, 11) is 3.63. The SMILES string of the molecule is CC.CC.CC(=O)c1ccc2[nH]c(C=O)cc2c1.CNCCOC(C)(C)CCOC. The molecular weight excluding hydrogens is 380 g/mol. The summed E-state index contributed by atoms with van der Waals surface area (Å²) >= 11 is 0. The molecule has 0 amide bonds. The summed E-state index contributed by atoms with van der Waals surface area (Å²) in [5, 5.41) is 3.93. The molecule has 0 aliphatic rings. The molecule has 6 heteroatoms. The Morgan fingerprint density at radius 1 is 1.13 bits per heavy atom. The average Bonchev–Trinajstić information content (AvgIpc) is 3.18. The number of carbonyl (C=O) groups excluding carboxylic acids is 2. The van der Waals surface area contributed by atoms with Crippen LogP contribution in [0.1, 0.15) is 75.7 Å². The zero-order valence-corrected chi connectivity index (χ0v) is 20.3. The van der Waals surface area contributed by atoms with Crippen molar-refractivity contribution < 1.29 is 19.1 Å². The Morgan fingerprint density at radius 2 is 1.77 bits per heavy atom. The van der Waals surface area contributed by atoms with Crippen LogP contribution in [-0.4, -0.2) is 56.6 Å². The highest BCUT2D eigenvalue weighted by atomic mass is 16.5. The van der Waals surface area contributed by atoms with E-state index in [1.807, 2.05) is 34.7 Å². The van der Waals surface area contributed by atoms with Gasteiger partial charge in [0, 0.05) is 36.7 Å². The van der Waals surface area contributed by atoms with Gasteiger partial charge in [-0.05, 0) is 58.5 Å². The van der Waals surface area contributed by atoms with Crippen LogP contribution in [0.25, 0.3) is 10.9 Å². The quantitative estimate of drug-likeness (QED) is 0.327. The summed E-state index contributed by atoms with van der Waals surface area (Å²) in [5.41, 5.74) is 2.00. The van der Waals surface area contributed by atoms with Crippen molar-refractivity contribution in [2.24, 2.45) is 0 Å². The van der Waals surface area contributed by atoms with Gasteiger partial charge in [0.05, 0.1) is 17.9 Å². The van der Waals surface area contributed by atoms with E-state index in [2.05, 4.69) is 24.1 Å². The molecule has 0 spiro atoms. The highest BCUT2D eigenvalue weighted by Crippen LogP contribution is 2.16. The molecule has 0 saturated heterocycles. The van der Waals surface area contributed by atoms with Gasteiger partial charge in [-0.3, -0.25) is 9.59 Å². The lowest BCUT2D eigenvalue weighted by atomic mass is 10.1. The molecule has 0 aliphatic carbocycles. The zero-order valence-electron chi connectivity index (χ0n) is 20.3. The Morgan fingerprint density at radius 3 is 2.27 bits per heavy atom.